The SMILES string of the molecule is NC1=NC(c2cccc(-c3cccnc3)c2)(c2ccc(OC(F)F)cc2F)CO1. The first-order valence-corrected chi connectivity index (χ1v) is 8.72. The Hall–Kier alpha value is -3.55. The van der Waals surface area contributed by atoms with E-state index in [4.69, 9.17) is 10.5 Å². The molecule has 2 N–H and O–H groups in total. The first-order chi connectivity index (χ1) is 14.0. The van der Waals surface area contributed by atoms with Gasteiger partial charge in [0, 0.05) is 24.0 Å². The summed E-state index contributed by atoms with van der Waals surface area (Å²) in [4.78, 5) is 8.49. The third kappa shape index (κ3) is 3.61. The molecule has 1 unspecified atom stereocenters. The Morgan fingerprint density at radius 2 is 1.90 bits per heavy atom. The van der Waals surface area contributed by atoms with Crippen LogP contribution in [0.1, 0.15) is 11.1 Å². The molecule has 0 aliphatic carbocycles. The average molecular weight is 399 g/mol. The number of rotatable bonds is 5. The van der Waals surface area contributed by atoms with E-state index in [1.807, 2.05) is 30.3 Å². The maximum absolute atomic E-state index is 14.9. The molecule has 0 spiro atoms. The van der Waals surface area contributed by atoms with Gasteiger partial charge in [0.05, 0.1) is 0 Å². The summed E-state index contributed by atoms with van der Waals surface area (Å²) in [5, 5.41) is 0. The van der Waals surface area contributed by atoms with E-state index in [0.717, 1.165) is 17.2 Å². The third-order valence-corrected chi connectivity index (χ3v) is 4.68. The van der Waals surface area contributed by atoms with Gasteiger partial charge in [0.25, 0.3) is 6.02 Å². The minimum absolute atomic E-state index is 0.0265. The summed E-state index contributed by atoms with van der Waals surface area (Å²) in [6.45, 7) is -3.07. The number of ether oxygens (including phenoxy) is 2. The first kappa shape index (κ1) is 18.8. The Morgan fingerprint density at radius 3 is 2.55 bits per heavy atom. The van der Waals surface area contributed by atoms with Crippen LogP contribution in [-0.4, -0.2) is 24.2 Å². The lowest BCUT2D eigenvalue weighted by Gasteiger charge is -2.26. The number of hydrogen-bond acceptors (Lipinski definition) is 5. The van der Waals surface area contributed by atoms with Crippen LogP contribution in [0.2, 0.25) is 0 Å². The summed E-state index contributed by atoms with van der Waals surface area (Å²) in [6, 6.07) is 14.5. The quantitative estimate of drug-likeness (QED) is 0.702. The van der Waals surface area contributed by atoms with Gasteiger partial charge >= 0.3 is 6.61 Å². The molecule has 3 aromatic rings. The molecule has 1 aromatic heterocycles. The summed E-state index contributed by atoms with van der Waals surface area (Å²) >= 11 is 0. The van der Waals surface area contributed by atoms with E-state index in [2.05, 4.69) is 14.7 Å². The molecule has 2 heterocycles. The molecule has 0 fully saturated rings. The van der Waals surface area contributed by atoms with E-state index in [1.54, 1.807) is 18.5 Å². The van der Waals surface area contributed by atoms with E-state index in [1.165, 1.54) is 12.1 Å². The van der Waals surface area contributed by atoms with Gasteiger partial charge in [-0.3, -0.25) is 4.98 Å². The number of aliphatic imine (C=N–C) groups is 1. The highest BCUT2D eigenvalue weighted by atomic mass is 19.3. The molecule has 1 aliphatic rings. The van der Waals surface area contributed by atoms with Gasteiger partial charge in [-0.2, -0.15) is 8.78 Å². The van der Waals surface area contributed by atoms with E-state index in [0.29, 0.717) is 5.56 Å². The highest BCUT2D eigenvalue weighted by molar-refractivity contribution is 5.76. The highest BCUT2D eigenvalue weighted by Crippen LogP contribution is 2.40. The average Bonchev–Trinajstić information content (AvgIpc) is 3.11. The largest absolute Gasteiger partial charge is 0.462 e. The number of pyridine rings is 1. The van der Waals surface area contributed by atoms with E-state index in [-0.39, 0.29) is 23.9 Å². The Balaban J connectivity index is 1.82. The van der Waals surface area contributed by atoms with Crippen LogP contribution in [0, 0.1) is 5.82 Å². The topological polar surface area (TPSA) is 69.7 Å². The van der Waals surface area contributed by atoms with Crippen LogP contribution >= 0.6 is 0 Å². The molecule has 1 aliphatic heterocycles. The van der Waals surface area contributed by atoms with Gasteiger partial charge in [0.1, 0.15) is 18.2 Å². The molecule has 0 bridgehead atoms. The summed E-state index contributed by atoms with van der Waals surface area (Å²) in [6.07, 6.45) is 3.38. The second kappa shape index (κ2) is 7.46. The lowest BCUT2D eigenvalue weighted by Crippen LogP contribution is -2.28. The molecular formula is C21H16F3N3O2. The van der Waals surface area contributed by atoms with Gasteiger partial charge in [-0.1, -0.05) is 24.3 Å². The number of nitrogens with zero attached hydrogens (tertiary/aromatic N) is 2. The fraction of sp³-hybridized carbons (Fsp3) is 0.143. The number of halogens is 3. The molecule has 8 heteroatoms. The van der Waals surface area contributed by atoms with Crippen molar-refractivity contribution >= 4 is 6.02 Å². The maximum Gasteiger partial charge on any atom is 0.387 e. The summed E-state index contributed by atoms with van der Waals surface area (Å²) < 4.78 is 49.5. The van der Waals surface area contributed by atoms with E-state index in [9.17, 15) is 13.2 Å². The minimum atomic E-state index is -3.05. The highest BCUT2D eigenvalue weighted by Gasteiger charge is 2.42. The van der Waals surface area contributed by atoms with E-state index >= 15 is 0 Å². The molecule has 0 radical (unpaired) electrons. The monoisotopic (exact) mass is 399 g/mol. The van der Waals surface area contributed by atoms with Gasteiger partial charge in [-0.15, -0.1) is 0 Å². The lowest BCUT2D eigenvalue weighted by atomic mass is 9.83. The second-order valence-corrected chi connectivity index (χ2v) is 6.44. The van der Waals surface area contributed by atoms with Crippen LogP contribution in [0.4, 0.5) is 13.2 Å². The van der Waals surface area contributed by atoms with Crippen molar-refractivity contribution in [2.75, 3.05) is 6.61 Å². The summed E-state index contributed by atoms with van der Waals surface area (Å²) in [5.74, 6) is -1.03. The van der Waals surface area contributed by atoms with Crippen LogP contribution in [0.5, 0.6) is 5.75 Å². The van der Waals surface area contributed by atoms with E-state index < -0.39 is 18.0 Å². The first-order valence-electron chi connectivity index (χ1n) is 8.72. The molecule has 5 nitrogen and oxygen atoms in total. The van der Waals surface area contributed by atoms with Crippen LogP contribution in [-0.2, 0) is 10.3 Å². The molecule has 2 aromatic carbocycles. The number of alkyl halides is 2. The van der Waals surface area contributed by atoms with Crippen LogP contribution in [0.3, 0.4) is 0 Å². The predicted octanol–water partition coefficient (Wildman–Crippen LogP) is 4.08. The number of aromatic nitrogens is 1. The molecule has 29 heavy (non-hydrogen) atoms. The number of hydrogen-bond donors (Lipinski definition) is 1. The van der Waals surface area contributed by atoms with Gasteiger partial charge in [-0.25, -0.2) is 9.38 Å². The number of benzene rings is 2. The van der Waals surface area contributed by atoms with Crippen molar-refractivity contribution in [3.8, 4) is 16.9 Å². The molecule has 0 saturated heterocycles. The Labute approximate surface area is 164 Å². The fourth-order valence-corrected chi connectivity index (χ4v) is 3.37. The van der Waals surface area contributed by atoms with Gasteiger partial charge < -0.3 is 15.2 Å². The minimum Gasteiger partial charge on any atom is -0.462 e. The molecular weight excluding hydrogens is 383 g/mol. The molecule has 4 rings (SSSR count). The maximum atomic E-state index is 14.9. The molecule has 1 atom stereocenters. The number of nitrogens with two attached hydrogens (primary N) is 1. The van der Waals surface area contributed by atoms with Crippen molar-refractivity contribution in [1.29, 1.82) is 0 Å². The zero-order valence-corrected chi connectivity index (χ0v) is 15.1. The third-order valence-electron chi connectivity index (χ3n) is 4.68. The summed E-state index contributed by atoms with van der Waals surface area (Å²) in [7, 11) is 0. The standard InChI is InChI=1S/C21H16F3N3O2/c22-18-10-16(29-19(23)24)6-7-17(18)21(12-28-20(25)27-21)15-5-1-3-13(9-15)14-4-2-8-26-11-14/h1-11,19H,12H2,(H2,25,27). The second-order valence-electron chi connectivity index (χ2n) is 6.44. The molecule has 0 amide bonds. The van der Waals surface area contributed by atoms with Crippen molar-refractivity contribution < 1.29 is 22.6 Å². The van der Waals surface area contributed by atoms with Crippen molar-refractivity contribution in [1.82, 2.24) is 4.98 Å². The number of amidine groups is 1. The van der Waals surface area contributed by atoms with Crippen LogP contribution in [0.25, 0.3) is 11.1 Å². The van der Waals surface area contributed by atoms with Crippen molar-refractivity contribution in [2.24, 2.45) is 10.7 Å². The smallest absolute Gasteiger partial charge is 0.387 e. The van der Waals surface area contributed by atoms with Crippen molar-refractivity contribution in [2.45, 2.75) is 12.2 Å². The van der Waals surface area contributed by atoms with Crippen molar-refractivity contribution in [3.63, 3.8) is 0 Å². The van der Waals surface area contributed by atoms with Crippen LogP contribution in [0.15, 0.2) is 72.0 Å². The Kier molecular flexibility index (Phi) is 4.84. The van der Waals surface area contributed by atoms with Crippen molar-refractivity contribution in [3.05, 3.63) is 83.9 Å². The Morgan fingerprint density at radius 1 is 1.07 bits per heavy atom. The normalized spacial score (nSPS) is 18.4. The Bertz CT molecular complexity index is 1060. The zero-order valence-electron chi connectivity index (χ0n) is 15.1. The van der Waals surface area contributed by atoms with Gasteiger partial charge in [0.15, 0.2) is 5.54 Å². The van der Waals surface area contributed by atoms with Gasteiger partial charge in [-0.05, 0) is 41.0 Å². The van der Waals surface area contributed by atoms with Gasteiger partial charge in [0.2, 0.25) is 0 Å². The summed E-state index contributed by atoms with van der Waals surface area (Å²) in [5.41, 5.74) is 7.01. The fourth-order valence-electron chi connectivity index (χ4n) is 3.37. The lowest BCUT2D eigenvalue weighted by molar-refractivity contribution is -0.0500. The molecule has 148 valence electrons. The predicted molar refractivity (Wildman–Crippen MR) is 101 cm³/mol. The zero-order chi connectivity index (χ0) is 20.4. The molecule has 0 saturated carbocycles. The van der Waals surface area contributed by atoms with Crippen LogP contribution < -0.4 is 10.5 Å².